The summed E-state index contributed by atoms with van der Waals surface area (Å²) in [7, 11) is 0. The van der Waals surface area contributed by atoms with E-state index in [2.05, 4.69) is 15.3 Å². The Morgan fingerprint density at radius 3 is 2.39 bits per heavy atom. The van der Waals surface area contributed by atoms with E-state index in [1.54, 1.807) is 23.1 Å². The molecule has 2 fully saturated rings. The summed E-state index contributed by atoms with van der Waals surface area (Å²) < 4.78 is 11.4. The summed E-state index contributed by atoms with van der Waals surface area (Å²) in [5, 5.41) is 3.05. The van der Waals surface area contributed by atoms with Gasteiger partial charge in [0, 0.05) is 49.6 Å². The number of benzene rings is 1. The highest BCUT2D eigenvalue weighted by Gasteiger charge is 2.40. The first-order chi connectivity index (χ1) is 13.5. The average Bonchev–Trinajstić information content (AvgIpc) is 3.17. The Labute approximate surface area is 162 Å². The van der Waals surface area contributed by atoms with Gasteiger partial charge in [-0.2, -0.15) is 0 Å². The van der Waals surface area contributed by atoms with Crippen LogP contribution in [-0.4, -0.2) is 58.6 Å². The minimum absolute atomic E-state index is 0.0118. The molecule has 0 aliphatic carbocycles. The number of nitrogens with one attached hydrogen (secondary N) is 1. The number of hydrogen-bond acceptors (Lipinski definition) is 7. The molecular formula is C20H22N4O4. The molecule has 1 aromatic carbocycles. The Morgan fingerprint density at radius 1 is 1.07 bits per heavy atom. The van der Waals surface area contributed by atoms with Gasteiger partial charge in [0.05, 0.1) is 18.8 Å². The van der Waals surface area contributed by atoms with Crippen LogP contribution in [-0.2, 0) is 9.47 Å². The second kappa shape index (κ2) is 7.65. The van der Waals surface area contributed by atoms with Gasteiger partial charge in [-0.25, -0.2) is 9.97 Å². The third-order valence-electron chi connectivity index (χ3n) is 5.05. The fraction of sp³-hybridized carbons (Fsp3) is 0.400. The predicted molar refractivity (Wildman–Crippen MR) is 102 cm³/mol. The van der Waals surface area contributed by atoms with Gasteiger partial charge in [-0.1, -0.05) is 12.1 Å². The summed E-state index contributed by atoms with van der Waals surface area (Å²) in [5.74, 6) is -0.252. The molecule has 2 aromatic rings. The molecule has 2 saturated heterocycles. The fourth-order valence-corrected chi connectivity index (χ4v) is 3.47. The van der Waals surface area contributed by atoms with Crippen molar-refractivity contribution in [3.63, 3.8) is 0 Å². The van der Waals surface area contributed by atoms with Crippen molar-refractivity contribution in [2.75, 3.05) is 31.6 Å². The number of likely N-dealkylation sites (tertiary alicyclic amines) is 1. The van der Waals surface area contributed by atoms with Crippen LogP contribution in [0.4, 0.5) is 11.6 Å². The second-order valence-electron chi connectivity index (χ2n) is 6.96. The Balaban J connectivity index is 1.38. The minimum atomic E-state index is -0.504. The van der Waals surface area contributed by atoms with E-state index in [-0.39, 0.29) is 11.7 Å². The highest BCUT2D eigenvalue weighted by molar-refractivity contribution is 5.95. The van der Waals surface area contributed by atoms with E-state index < -0.39 is 5.79 Å². The molecule has 1 aromatic heterocycles. The maximum atomic E-state index is 12.7. The molecule has 2 aliphatic heterocycles. The lowest BCUT2D eigenvalue weighted by Crippen LogP contribution is -2.47. The van der Waals surface area contributed by atoms with E-state index in [4.69, 9.17) is 9.47 Å². The zero-order chi connectivity index (χ0) is 19.6. The Kier molecular flexibility index (Phi) is 5.06. The average molecular weight is 382 g/mol. The molecule has 2 aliphatic rings. The largest absolute Gasteiger partial charge is 0.347 e. The molecule has 3 heterocycles. The van der Waals surface area contributed by atoms with Crippen molar-refractivity contribution in [1.82, 2.24) is 14.9 Å². The normalized spacial score (nSPS) is 18.2. The topological polar surface area (TPSA) is 93.7 Å². The summed E-state index contributed by atoms with van der Waals surface area (Å²) in [6.45, 7) is 3.91. The van der Waals surface area contributed by atoms with E-state index >= 15 is 0 Å². The summed E-state index contributed by atoms with van der Waals surface area (Å²) in [6.07, 6.45) is 4.37. The summed E-state index contributed by atoms with van der Waals surface area (Å²) in [4.78, 5) is 34.4. The number of ether oxygens (including phenoxy) is 2. The SMILES string of the molecule is CC(=O)c1cccc(Nc2ncc(C(=O)N3CCC4(CC3)OCCO4)cn2)c1. The molecule has 0 unspecified atom stereocenters. The first-order valence-electron chi connectivity index (χ1n) is 9.32. The van der Waals surface area contributed by atoms with E-state index in [0.717, 1.165) is 0 Å². The predicted octanol–water partition coefficient (Wildman–Crippen LogP) is 2.40. The lowest BCUT2D eigenvalue weighted by Gasteiger charge is -2.37. The van der Waals surface area contributed by atoms with Gasteiger partial charge < -0.3 is 19.7 Å². The van der Waals surface area contributed by atoms with Crippen molar-refractivity contribution in [3.8, 4) is 0 Å². The molecule has 1 spiro atoms. The minimum Gasteiger partial charge on any atom is -0.347 e. The molecule has 4 rings (SSSR count). The molecule has 146 valence electrons. The molecule has 0 bridgehead atoms. The maximum absolute atomic E-state index is 12.7. The first-order valence-corrected chi connectivity index (χ1v) is 9.32. The zero-order valence-electron chi connectivity index (χ0n) is 15.7. The van der Waals surface area contributed by atoms with Crippen molar-refractivity contribution in [1.29, 1.82) is 0 Å². The molecule has 0 saturated carbocycles. The molecule has 0 atom stereocenters. The van der Waals surface area contributed by atoms with Crippen LogP contribution in [0.1, 0.15) is 40.5 Å². The van der Waals surface area contributed by atoms with Gasteiger partial charge in [-0.3, -0.25) is 9.59 Å². The van der Waals surface area contributed by atoms with Crippen molar-refractivity contribution < 1.29 is 19.1 Å². The van der Waals surface area contributed by atoms with E-state index in [1.165, 1.54) is 19.3 Å². The van der Waals surface area contributed by atoms with Gasteiger partial charge in [-0.05, 0) is 19.1 Å². The molecule has 28 heavy (non-hydrogen) atoms. The van der Waals surface area contributed by atoms with Gasteiger partial charge in [-0.15, -0.1) is 0 Å². The van der Waals surface area contributed by atoms with Crippen LogP contribution in [0.5, 0.6) is 0 Å². The van der Waals surface area contributed by atoms with Crippen molar-refractivity contribution in [2.45, 2.75) is 25.6 Å². The van der Waals surface area contributed by atoms with E-state index in [0.29, 0.717) is 61.9 Å². The molecule has 0 radical (unpaired) electrons. The number of hydrogen-bond donors (Lipinski definition) is 1. The van der Waals surface area contributed by atoms with Crippen LogP contribution in [0.25, 0.3) is 0 Å². The zero-order valence-corrected chi connectivity index (χ0v) is 15.7. The highest BCUT2D eigenvalue weighted by Crippen LogP contribution is 2.31. The summed E-state index contributed by atoms with van der Waals surface area (Å²) >= 11 is 0. The number of nitrogens with zero attached hydrogens (tertiary/aromatic N) is 3. The van der Waals surface area contributed by atoms with Gasteiger partial charge in [0.25, 0.3) is 5.91 Å². The van der Waals surface area contributed by atoms with Crippen LogP contribution in [0.15, 0.2) is 36.7 Å². The second-order valence-corrected chi connectivity index (χ2v) is 6.96. The van der Waals surface area contributed by atoms with Crippen LogP contribution in [0.2, 0.25) is 0 Å². The number of piperidine rings is 1. The fourth-order valence-electron chi connectivity index (χ4n) is 3.47. The molecule has 8 nitrogen and oxygen atoms in total. The first kappa shape index (κ1) is 18.5. The van der Waals surface area contributed by atoms with Crippen molar-refractivity contribution in [3.05, 3.63) is 47.8 Å². The number of aromatic nitrogens is 2. The van der Waals surface area contributed by atoms with Crippen LogP contribution in [0, 0.1) is 0 Å². The van der Waals surface area contributed by atoms with Gasteiger partial charge in [0.1, 0.15) is 0 Å². The lowest BCUT2D eigenvalue weighted by atomic mass is 10.0. The van der Waals surface area contributed by atoms with Crippen LogP contribution < -0.4 is 5.32 Å². The monoisotopic (exact) mass is 382 g/mol. The molecule has 1 amide bonds. The van der Waals surface area contributed by atoms with Crippen LogP contribution in [0.3, 0.4) is 0 Å². The summed E-state index contributed by atoms with van der Waals surface area (Å²) in [5.41, 5.74) is 1.76. The number of amides is 1. The molecular weight excluding hydrogens is 360 g/mol. The Morgan fingerprint density at radius 2 is 1.75 bits per heavy atom. The van der Waals surface area contributed by atoms with E-state index in [9.17, 15) is 9.59 Å². The van der Waals surface area contributed by atoms with Crippen LogP contribution >= 0.6 is 0 Å². The number of carbonyl (C=O) groups is 2. The third kappa shape index (κ3) is 3.88. The summed E-state index contributed by atoms with van der Waals surface area (Å²) in [6, 6.07) is 7.10. The van der Waals surface area contributed by atoms with Gasteiger partial charge in [0.2, 0.25) is 5.95 Å². The number of carbonyl (C=O) groups excluding carboxylic acids is 2. The lowest BCUT2D eigenvalue weighted by molar-refractivity contribution is -0.181. The van der Waals surface area contributed by atoms with Gasteiger partial charge >= 0.3 is 0 Å². The highest BCUT2D eigenvalue weighted by atomic mass is 16.7. The smallest absolute Gasteiger partial charge is 0.256 e. The van der Waals surface area contributed by atoms with Crippen molar-refractivity contribution in [2.24, 2.45) is 0 Å². The van der Waals surface area contributed by atoms with Crippen molar-refractivity contribution >= 4 is 23.3 Å². The number of ketones is 1. The third-order valence-corrected chi connectivity index (χ3v) is 5.05. The molecule has 1 N–H and O–H groups in total. The standard InChI is InChI=1S/C20H22N4O4/c1-14(25)15-3-2-4-17(11-15)23-19-21-12-16(13-22-19)18(26)24-7-5-20(6-8-24)27-9-10-28-20/h2-4,11-13H,5-10H2,1H3,(H,21,22,23). The number of anilines is 2. The number of Topliss-reactive ketones (excluding diaryl/α,β-unsaturated/α-hetero) is 1. The quantitative estimate of drug-likeness (QED) is 0.812. The molecule has 8 heteroatoms. The van der Waals surface area contributed by atoms with E-state index in [1.807, 2.05) is 6.07 Å². The Bertz CT molecular complexity index is 868. The van der Waals surface area contributed by atoms with Gasteiger partial charge in [0.15, 0.2) is 11.6 Å². The Hall–Kier alpha value is -2.84. The maximum Gasteiger partial charge on any atom is 0.256 e. The number of rotatable bonds is 4.